The van der Waals surface area contributed by atoms with Gasteiger partial charge in [0.05, 0.1) is 6.67 Å². The minimum Gasteiger partial charge on any atom is -0.359 e. The molecule has 1 heterocycles. The first kappa shape index (κ1) is 13.2. The Morgan fingerprint density at radius 2 is 1.93 bits per heavy atom. The lowest BCUT2D eigenvalue weighted by atomic mass is 10.5. The van der Waals surface area contributed by atoms with Crippen molar-refractivity contribution in [2.45, 2.75) is 13.8 Å². The van der Waals surface area contributed by atoms with Crippen LogP contribution < -0.4 is 0 Å². The molecule has 0 saturated heterocycles. The monoisotopic (exact) mass is 224 g/mol. The average molecular weight is 224 g/mol. The normalized spacial score (nSPS) is 16.2. The molecular weight excluding hydrogens is 208 g/mol. The second-order valence-electron chi connectivity index (χ2n) is 2.96. The molecule has 84 valence electrons. The molecule has 14 heavy (non-hydrogen) atoms. The molecule has 0 fully saturated rings. The number of hydrogen-bond donors (Lipinski definition) is 2. The average Bonchev–Trinajstić information content (AvgIpc) is 2.28. The highest BCUT2D eigenvalue weighted by molar-refractivity contribution is 7.79. The van der Waals surface area contributed by atoms with Gasteiger partial charge in [-0.3, -0.25) is 9.11 Å². The Morgan fingerprint density at radius 1 is 1.50 bits per heavy atom. The summed E-state index contributed by atoms with van der Waals surface area (Å²) >= 11 is 0. The summed E-state index contributed by atoms with van der Waals surface area (Å²) in [5.41, 5.74) is 1.36. The van der Waals surface area contributed by atoms with Gasteiger partial charge in [-0.1, -0.05) is 0 Å². The fraction of sp³-hybridized carbons (Fsp3) is 0.714. The van der Waals surface area contributed by atoms with Crippen molar-refractivity contribution in [1.82, 2.24) is 9.80 Å². The van der Waals surface area contributed by atoms with Crippen LogP contribution in [0.15, 0.2) is 11.9 Å². The van der Waals surface area contributed by atoms with Crippen LogP contribution in [0.1, 0.15) is 13.8 Å². The van der Waals surface area contributed by atoms with Crippen LogP contribution >= 0.6 is 0 Å². The summed E-state index contributed by atoms with van der Waals surface area (Å²) in [7, 11) is -2.55. The van der Waals surface area contributed by atoms with Gasteiger partial charge in [0.1, 0.15) is 0 Å². The van der Waals surface area contributed by atoms with E-state index in [0.717, 1.165) is 13.2 Å². The van der Waals surface area contributed by atoms with Gasteiger partial charge in [-0.15, -0.1) is 0 Å². The van der Waals surface area contributed by atoms with E-state index in [4.69, 9.17) is 17.5 Å². The molecule has 1 rings (SSSR count). The maximum atomic E-state index is 8.74. The number of nitrogens with zero attached hydrogens (tertiary/aromatic N) is 2. The quantitative estimate of drug-likeness (QED) is 0.628. The van der Waals surface area contributed by atoms with Crippen molar-refractivity contribution >= 4 is 10.4 Å². The number of allylic oxidation sites excluding steroid dienone is 1. The zero-order valence-corrected chi connectivity index (χ0v) is 9.32. The smallest absolute Gasteiger partial charge is 0.359 e. The van der Waals surface area contributed by atoms with E-state index in [1.165, 1.54) is 5.70 Å². The van der Waals surface area contributed by atoms with Gasteiger partial charge in [-0.05, 0) is 13.8 Å². The minimum atomic E-state index is -4.67. The predicted molar refractivity (Wildman–Crippen MR) is 52.9 cm³/mol. The van der Waals surface area contributed by atoms with Gasteiger partial charge in [-0.2, -0.15) is 8.42 Å². The molecule has 0 saturated carbocycles. The summed E-state index contributed by atoms with van der Waals surface area (Å²) in [5.74, 6) is 0. The summed E-state index contributed by atoms with van der Waals surface area (Å²) in [6.07, 6.45) is 2.19. The van der Waals surface area contributed by atoms with Crippen molar-refractivity contribution in [3.05, 3.63) is 11.9 Å². The third-order valence-corrected chi connectivity index (χ3v) is 1.77. The molecule has 0 aromatic carbocycles. The van der Waals surface area contributed by atoms with Crippen molar-refractivity contribution in [2.75, 3.05) is 20.3 Å². The molecule has 1 aliphatic rings. The summed E-state index contributed by atoms with van der Waals surface area (Å²) in [6, 6.07) is 0. The zero-order chi connectivity index (χ0) is 11.4. The maximum absolute atomic E-state index is 8.74. The summed E-state index contributed by atoms with van der Waals surface area (Å²) in [6.45, 7) is 6.47. The molecule has 0 aromatic rings. The summed E-state index contributed by atoms with van der Waals surface area (Å²) < 4.78 is 31.6. The summed E-state index contributed by atoms with van der Waals surface area (Å²) in [4.78, 5) is 4.53. The molecular formula is C7H16N2O4S. The van der Waals surface area contributed by atoms with Crippen LogP contribution in [0.4, 0.5) is 0 Å². The van der Waals surface area contributed by atoms with Gasteiger partial charge >= 0.3 is 10.4 Å². The lowest BCUT2D eigenvalue weighted by molar-refractivity contribution is 0.299. The van der Waals surface area contributed by atoms with E-state index in [1.54, 1.807) is 0 Å². The first-order valence-electron chi connectivity index (χ1n) is 4.07. The van der Waals surface area contributed by atoms with Crippen LogP contribution in [0.5, 0.6) is 0 Å². The standard InChI is InChI=1S/C7H14N2.H2O4S/c1-4-9-5-7(2)8(3)6-9;1-5(2,3)4/h5H,4,6H2,1-3H3;(H2,1,2,3,4). The second-order valence-corrected chi connectivity index (χ2v) is 3.86. The largest absolute Gasteiger partial charge is 0.394 e. The molecule has 7 heteroatoms. The van der Waals surface area contributed by atoms with Crippen molar-refractivity contribution in [2.24, 2.45) is 0 Å². The SMILES string of the molecule is CCN1C=C(C)N(C)C1.O=S(=O)(O)O. The minimum absolute atomic E-state index is 1.06. The third-order valence-electron chi connectivity index (χ3n) is 1.77. The molecule has 6 nitrogen and oxygen atoms in total. The Morgan fingerprint density at radius 3 is 2.07 bits per heavy atom. The van der Waals surface area contributed by atoms with Gasteiger partial charge in [0.25, 0.3) is 0 Å². The van der Waals surface area contributed by atoms with Crippen LogP contribution in [-0.4, -0.2) is 47.6 Å². The summed E-state index contributed by atoms with van der Waals surface area (Å²) in [5, 5.41) is 0. The van der Waals surface area contributed by atoms with E-state index in [2.05, 4.69) is 36.9 Å². The first-order chi connectivity index (χ1) is 6.24. The molecule has 0 aromatic heterocycles. The molecule has 0 amide bonds. The first-order valence-corrected chi connectivity index (χ1v) is 5.47. The van der Waals surface area contributed by atoms with Crippen LogP contribution in [0, 0.1) is 0 Å². The fourth-order valence-corrected chi connectivity index (χ4v) is 0.979. The van der Waals surface area contributed by atoms with Crippen molar-refractivity contribution < 1.29 is 17.5 Å². The fourth-order valence-electron chi connectivity index (χ4n) is 0.979. The Balaban J connectivity index is 0.000000292. The van der Waals surface area contributed by atoms with Crippen molar-refractivity contribution in [1.29, 1.82) is 0 Å². The lowest BCUT2D eigenvalue weighted by Crippen LogP contribution is -2.22. The van der Waals surface area contributed by atoms with Crippen molar-refractivity contribution in [3.8, 4) is 0 Å². The van der Waals surface area contributed by atoms with Gasteiger partial charge < -0.3 is 9.80 Å². The van der Waals surface area contributed by atoms with Crippen LogP contribution in [0.3, 0.4) is 0 Å². The van der Waals surface area contributed by atoms with E-state index in [-0.39, 0.29) is 0 Å². The third kappa shape index (κ3) is 6.70. The molecule has 1 aliphatic heterocycles. The molecule has 0 radical (unpaired) electrons. The van der Waals surface area contributed by atoms with Crippen LogP contribution in [0.2, 0.25) is 0 Å². The molecule has 0 spiro atoms. The zero-order valence-electron chi connectivity index (χ0n) is 8.51. The Bertz CT molecular complexity index is 291. The van der Waals surface area contributed by atoms with Gasteiger partial charge in [0.2, 0.25) is 0 Å². The van der Waals surface area contributed by atoms with Crippen LogP contribution in [0.25, 0.3) is 0 Å². The van der Waals surface area contributed by atoms with E-state index in [1.807, 2.05) is 0 Å². The number of hydrogen-bond acceptors (Lipinski definition) is 4. The molecule has 0 atom stereocenters. The van der Waals surface area contributed by atoms with E-state index >= 15 is 0 Å². The van der Waals surface area contributed by atoms with Gasteiger partial charge in [0.15, 0.2) is 0 Å². The highest BCUT2D eigenvalue weighted by Crippen LogP contribution is 2.10. The maximum Gasteiger partial charge on any atom is 0.394 e. The highest BCUT2D eigenvalue weighted by Gasteiger charge is 2.10. The number of rotatable bonds is 1. The Hall–Kier alpha value is -0.790. The van der Waals surface area contributed by atoms with Gasteiger partial charge in [0, 0.05) is 25.5 Å². The second kappa shape index (κ2) is 5.18. The van der Waals surface area contributed by atoms with Crippen LogP contribution in [-0.2, 0) is 10.4 Å². The van der Waals surface area contributed by atoms with Crippen molar-refractivity contribution in [3.63, 3.8) is 0 Å². The molecule has 0 bridgehead atoms. The predicted octanol–water partition coefficient (Wildman–Crippen LogP) is 0.420. The molecule has 2 N–H and O–H groups in total. The van der Waals surface area contributed by atoms with E-state index in [0.29, 0.717) is 0 Å². The lowest BCUT2D eigenvalue weighted by Gasteiger charge is -2.16. The highest BCUT2D eigenvalue weighted by atomic mass is 32.3. The van der Waals surface area contributed by atoms with Gasteiger partial charge in [-0.25, -0.2) is 0 Å². The van der Waals surface area contributed by atoms with E-state index < -0.39 is 10.4 Å². The van der Waals surface area contributed by atoms with E-state index in [9.17, 15) is 0 Å². The molecule has 0 aliphatic carbocycles. The molecule has 0 unspecified atom stereocenters. The topological polar surface area (TPSA) is 81.1 Å². The Kier molecular flexibility index (Phi) is 4.89. The Labute approximate surface area is 84.4 Å².